The zero-order valence-corrected chi connectivity index (χ0v) is 13.4. The van der Waals surface area contributed by atoms with Crippen molar-refractivity contribution in [2.45, 2.75) is 24.6 Å². The quantitative estimate of drug-likeness (QED) is 0.909. The first-order chi connectivity index (χ1) is 11.4. The summed E-state index contributed by atoms with van der Waals surface area (Å²) in [7, 11) is 0. The number of likely N-dealkylation sites (tertiary alicyclic amines) is 2. The fraction of sp³-hybridized carbons (Fsp3) is 0.588. The Morgan fingerprint density at radius 1 is 1.17 bits per heavy atom. The van der Waals surface area contributed by atoms with Crippen LogP contribution in [-0.4, -0.2) is 60.6 Å². The van der Waals surface area contributed by atoms with Gasteiger partial charge in [0.05, 0.1) is 6.04 Å². The number of nitrogens with two attached hydrogens (primary N) is 1. The average Bonchev–Trinajstić information content (AvgIpc) is 3.11. The lowest BCUT2D eigenvalue weighted by Crippen LogP contribution is -2.43. The first kappa shape index (κ1) is 17.2. The average molecular weight is 341 g/mol. The minimum Gasteiger partial charge on any atom is -0.332 e. The van der Waals surface area contributed by atoms with Gasteiger partial charge in [-0.3, -0.25) is 9.69 Å². The number of carbonyl (C=O) groups is 1. The van der Waals surface area contributed by atoms with Gasteiger partial charge in [-0.05, 0) is 24.4 Å². The van der Waals surface area contributed by atoms with Crippen LogP contribution in [0.15, 0.2) is 30.3 Å². The summed E-state index contributed by atoms with van der Waals surface area (Å²) < 4.78 is 37.7. The van der Waals surface area contributed by atoms with Gasteiger partial charge in [0.2, 0.25) is 5.91 Å². The predicted octanol–water partition coefficient (Wildman–Crippen LogP) is 1.82. The Hall–Kier alpha value is -1.60. The van der Waals surface area contributed by atoms with E-state index in [1.165, 1.54) is 5.56 Å². The highest BCUT2D eigenvalue weighted by molar-refractivity contribution is 5.84. The number of nitrogens with zero attached hydrogens (tertiary/aromatic N) is 2. The van der Waals surface area contributed by atoms with Crippen molar-refractivity contribution in [3.63, 3.8) is 0 Å². The molecule has 1 aromatic carbocycles. The van der Waals surface area contributed by atoms with E-state index >= 15 is 0 Å². The molecular formula is C17H22F3N3O. The summed E-state index contributed by atoms with van der Waals surface area (Å²) in [5.74, 6) is 0.0364. The van der Waals surface area contributed by atoms with Crippen molar-refractivity contribution in [2.75, 3.05) is 32.7 Å². The van der Waals surface area contributed by atoms with Gasteiger partial charge in [0, 0.05) is 25.6 Å². The number of benzene rings is 1. The zero-order valence-electron chi connectivity index (χ0n) is 13.4. The van der Waals surface area contributed by atoms with Crippen molar-refractivity contribution in [3.8, 4) is 0 Å². The number of amides is 1. The molecule has 1 unspecified atom stereocenters. The summed E-state index contributed by atoms with van der Waals surface area (Å²) >= 11 is 0. The molecule has 3 atom stereocenters. The maximum absolute atomic E-state index is 12.6. The number of alkyl halides is 3. The maximum Gasteiger partial charge on any atom is 0.406 e. The van der Waals surface area contributed by atoms with Crippen LogP contribution in [0.2, 0.25) is 0 Å². The summed E-state index contributed by atoms with van der Waals surface area (Å²) in [5.41, 5.74) is 7.07. The minimum atomic E-state index is -4.35. The minimum absolute atomic E-state index is 0.169. The molecule has 1 aromatic rings. The number of rotatable bonds is 4. The summed E-state index contributed by atoms with van der Waals surface area (Å²) in [4.78, 5) is 15.3. The predicted molar refractivity (Wildman–Crippen MR) is 84.3 cm³/mol. The van der Waals surface area contributed by atoms with Crippen LogP contribution < -0.4 is 5.73 Å². The van der Waals surface area contributed by atoms with Crippen LogP contribution in [0.25, 0.3) is 0 Å². The van der Waals surface area contributed by atoms with Crippen LogP contribution in [0, 0.1) is 5.92 Å². The van der Waals surface area contributed by atoms with E-state index in [0.29, 0.717) is 26.1 Å². The van der Waals surface area contributed by atoms with Gasteiger partial charge >= 0.3 is 6.18 Å². The SMILES string of the molecule is NC[C@@H]1CN(C2CCN(CC(F)(F)F)C2=O)C[C@H]1c1ccccc1. The molecule has 3 rings (SSSR count). The third-order valence-corrected chi connectivity index (χ3v) is 5.08. The van der Waals surface area contributed by atoms with E-state index in [-0.39, 0.29) is 18.4 Å². The monoisotopic (exact) mass is 341 g/mol. The molecule has 1 amide bonds. The molecule has 0 saturated carbocycles. The van der Waals surface area contributed by atoms with Crippen molar-refractivity contribution in [1.82, 2.24) is 9.80 Å². The molecule has 0 spiro atoms. The van der Waals surface area contributed by atoms with E-state index in [2.05, 4.69) is 0 Å². The normalized spacial score (nSPS) is 28.8. The van der Waals surface area contributed by atoms with Crippen molar-refractivity contribution in [3.05, 3.63) is 35.9 Å². The summed E-state index contributed by atoms with van der Waals surface area (Å²) in [6.07, 6.45) is -3.89. The molecule has 2 N–H and O–H groups in total. The van der Waals surface area contributed by atoms with Crippen molar-refractivity contribution in [2.24, 2.45) is 11.7 Å². The van der Waals surface area contributed by atoms with Crippen molar-refractivity contribution < 1.29 is 18.0 Å². The van der Waals surface area contributed by atoms with E-state index < -0.39 is 24.7 Å². The molecule has 0 radical (unpaired) electrons. The number of halogens is 3. The molecule has 2 saturated heterocycles. The van der Waals surface area contributed by atoms with Crippen LogP contribution in [0.1, 0.15) is 17.9 Å². The third-order valence-electron chi connectivity index (χ3n) is 5.08. The Morgan fingerprint density at radius 3 is 2.50 bits per heavy atom. The van der Waals surface area contributed by atoms with E-state index in [9.17, 15) is 18.0 Å². The lowest BCUT2D eigenvalue weighted by Gasteiger charge is -2.24. The Balaban J connectivity index is 1.69. The summed E-state index contributed by atoms with van der Waals surface area (Å²) in [5, 5.41) is 0. The maximum atomic E-state index is 12.6. The third kappa shape index (κ3) is 3.57. The standard InChI is InChI=1S/C17H22F3N3O/c18-17(19,20)11-22-7-6-15(16(22)24)23-9-13(8-21)14(10-23)12-4-2-1-3-5-12/h1-5,13-15H,6-11,21H2/t13-,14+,15?/m1/s1. The number of carbonyl (C=O) groups excluding carboxylic acids is 1. The van der Waals surface area contributed by atoms with E-state index in [1.807, 2.05) is 35.2 Å². The van der Waals surface area contributed by atoms with Crippen LogP contribution in [0.3, 0.4) is 0 Å². The lowest BCUT2D eigenvalue weighted by atomic mass is 9.89. The molecular weight excluding hydrogens is 319 g/mol. The highest BCUT2D eigenvalue weighted by atomic mass is 19.4. The van der Waals surface area contributed by atoms with E-state index in [0.717, 1.165) is 4.90 Å². The van der Waals surface area contributed by atoms with Gasteiger partial charge in [0.15, 0.2) is 0 Å². The zero-order chi connectivity index (χ0) is 17.3. The van der Waals surface area contributed by atoms with Crippen LogP contribution in [0.4, 0.5) is 13.2 Å². The second kappa shape index (κ2) is 6.72. The molecule has 2 fully saturated rings. The number of hydrogen-bond donors (Lipinski definition) is 1. The van der Waals surface area contributed by atoms with Crippen LogP contribution >= 0.6 is 0 Å². The Bertz CT molecular complexity index is 578. The van der Waals surface area contributed by atoms with Gasteiger partial charge in [-0.25, -0.2) is 0 Å². The highest BCUT2D eigenvalue weighted by Gasteiger charge is 2.45. The van der Waals surface area contributed by atoms with Crippen molar-refractivity contribution >= 4 is 5.91 Å². The van der Waals surface area contributed by atoms with Gasteiger partial charge < -0.3 is 10.6 Å². The van der Waals surface area contributed by atoms with E-state index in [1.54, 1.807) is 0 Å². The molecule has 0 aromatic heterocycles. The van der Waals surface area contributed by atoms with Gasteiger partial charge in [0.25, 0.3) is 0 Å². The fourth-order valence-corrected chi connectivity index (χ4v) is 3.91. The molecule has 2 aliphatic rings. The Morgan fingerprint density at radius 2 is 1.88 bits per heavy atom. The lowest BCUT2D eigenvalue weighted by molar-refractivity contribution is -0.159. The first-order valence-electron chi connectivity index (χ1n) is 8.23. The largest absolute Gasteiger partial charge is 0.406 e. The topological polar surface area (TPSA) is 49.6 Å². The van der Waals surface area contributed by atoms with Gasteiger partial charge in [-0.1, -0.05) is 30.3 Å². The van der Waals surface area contributed by atoms with Gasteiger partial charge in [-0.15, -0.1) is 0 Å². The second-order valence-corrected chi connectivity index (χ2v) is 6.65. The molecule has 132 valence electrons. The van der Waals surface area contributed by atoms with Crippen LogP contribution in [-0.2, 0) is 4.79 Å². The van der Waals surface area contributed by atoms with Crippen molar-refractivity contribution in [1.29, 1.82) is 0 Å². The molecule has 4 nitrogen and oxygen atoms in total. The Kier molecular flexibility index (Phi) is 4.83. The number of hydrogen-bond acceptors (Lipinski definition) is 3. The molecule has 2 aliphatic heterocycles. The molecule has 0 bridgehead atoms. The molecule has 2 heterocycles. The van der Waals surface area contributed by atoms with Gasteiger partial charge in [-0.2, -0.15) is 13.2 Å². The fourth-order valence-electron chi connectivity index (χ4n) is 3.91. The summed E-state index contributed by atoms with van der Waals surface area (Å²) in [6.45, 7) is 0.846. The highest BCUT2D eigenvalue weighted by Crippen LogP contribution is 2.35. The molecule has 0 aliphatic carbocycles. The Labute approximate surface area is 139 Å². The van der Waals surface area contributed by atoms with E-state index in [4.69, 9.17) is 5.73 Å². The smallest absolute Gasteiger partial charge is 0.332 e. The summed E-state index contributed by atoms with van der Waals surface area (Å²) in [6, 6.07) is 9.53. The van der Waals surface area contributed by atoms with Gasteiger partial charge in [0.1, 0.15) is 6.54 Å². The van der Waals surface area contributed by atoms with Crippen LogP contribution in [0.5, 0.6) is 0 Å². The molecule has 24 heavy (non-hydrogen) atoms. The first-order valence-corrected chi connectivity index (χ1v) is 8.23. The molecule has 7 heteroatoms. The second-order valence-electron chi connectivity index (χ2n) is 6.65.